The van der Waals surface area contributed by atoms with Crippen molar-refractivity contribution >= 4 is 43.3 Å². The molecule has 0 radical (unpaired) electrons. The van der Waals surface area contributed by atoms with E-state index in [2.05, 4.69) is 5.32 Å². The number of benzene rings is 1. The predicted octanol–water partition coefficient (Wildman–Crippen LogP) is 2.92. The summed E-state index contributed by atoms with van der Waals surface area (Å²) in [6.07, 6.45) is -0.122. The number of carbonyl (C=O) groups excluding carboxylic acids is 2. The van der Waals surface area contributed by atoms with Crippen LogP contribution in [0.1, 0.15) is 61.5 Å². The number of rotatable bonds is 13. The number of halogens is 1. The molecule has 12 nitrogen and oxygen atoms in total. The number of hydrogen-bond donors (Lipinski definition) is 1. The van der Waals surface area contributed by atoms with Crippen LogP contribution in [-0.2, 0) is 36.2 Å². The van der Waals surface area contributed by atoms with Crippen molar-refractivity contribution in [2.45, 2.75) is 65.8 Å². The highest BCUT2D eigenvalue weighted by molar-refractivity contribution is 7.90. The summed E-state index contributed by atoms with van der Waals surface area (Å²) >= 11 is 0.861. The maximum atomic E-state index is 14.5. The van der Waals surface area contributed by atoms with Gasteiger partial charge in [0.25, 0.3) is 5.56 Å². The number of aryl methyl sites for hydroxylation is 1. The van der Waals surface area contributed by atoms with E-state index in [1.165, 1.54) is 37.7 Å². The maximum Gasteiger partial charge on any atom is 0.348 e. The number of esters is 1. The lowest BCUT2D eigenvalue weighted by molar-refractivity contribution is -0.129. The average Bonchev–Trinajstić information content (AvgIpc) is 3.26. The third-order valence-electron chi connectivity index (χ3n) is 6.87. The zero-order chi connectivity index (χ0) is 33.1. The summed E-state index contributed by atoms with van der Waals surface area (Å²) in [6.45, 7) is 8.90. The maximum absolute atomic E-state index is 14.5. The molecule has 0 bridgehead atoms. The molecule has 0 fully saturated rings. The molecule has 0 saturated carbocycles. The fourth-order valence-corrected chi connectivity index (χ4v) is 6.23. The molecule has 0 unspecified atom stereocenters. The summed E-state index contributed by atoms with van der Waals surface area (Å²) in [5.41, 5.74) is -2.93. The van der Waals surface area contributed by atoms with Gasteiger partial charge in [-0.1, -0.05) is 0 Å². The Balaban J connectivity index is 2.39. The van der Waals surface area contributed by atoms with E-state index >= 15 is 0 Å². The van der Waals surface area contributed by atoms with E-state index in [1.807, 2.05) is 0 Å². The molecule has 3 aromatic rings. The van der Waals surface area contributed by atoms with Crippen molar-refractivity contribution in [3.05, 3.63) is 60.9 Å². The molecule has 3 rings (SSSR count). The Morgan fingerprint density at radius 3 is 2.41 bits per heavy atom. The van der Waals surface area contributed by atoms with Crippen LogP contribution < -0.4 is 21.3 Å². The molecule has 0 spiro atoms. The van der Waals surface area contributed by atoms with Gasteiger partial charge in [-0.2, -0.15) is 0 Å². The third-order valence-corrected chi connectivity index (χ3v) is 9.07. The van der Waals surface area contributed by atoms with Crippen LogP contribution in [-0.4, -0.2) is 67.8 Å². The molecule has 1 N–H and O–H groups in total. The molecule has 2 heterocycles. The number of methoxy groups -OCH3 is 1. The van der Waals surface area contributed by atoms with Crippen molar-refractivity contribution < 1.29 is 36.6 Å². The van der Waals surface area contributed by atoms with Crippen molar-refractivity contribution in [1.29, 1.82) is 0 Å². The van der Waals surface area contributed by atoms with Crippen LogP contribution in [0.2, 0.25) is 0 Å². The van der Waals surface area contributed by atoms with Crippen molar-refractivity contribution in [3.8, 4) is 5.75 Å². The van der Waals surface area contributed by atoms with Crippen LogP contribution in [0.15, 0.2) is 27.8 Å². The molecule has 0 aliphatic heterocycles. The Labute approximate surface area is 258 Å². The highest BCUT2D eigenvalue weighted by Gasteiger charge is 2.36. The molecule has 2 aromatic heterocycles. The molecule has 1 atom stereocenters. The van der Waals surface area contributed by atoms with E-state index in [0.29, 0.717) is 0 Å². The molecular formula is C29H38FN3O9S2. The Morgan fingerprint density at radius 1 is 1.18 bits per heavy atom. The van der Waals surface area contributed by atoms with Crippen LogP contribution in [0.3, 0.4) is 0 Å². The van der Waals surface area contributed by atoms with Crippen LogP contribution >= 0.6 is 11.3 Å². The molecule has 15 heteroatoms. The first-order valence-corrected chi connectivity index (χ1v) is 16.7. The van der Waals surface area contributed by atoms with Gasteiger partial charge in [-0.05, 0) is 65.3 Å². The highest BCUT2D eigenvalue weighted by atomic mass is 32.2. The predicted molar refractivity (Wildman–Crippen MR) is 165 cm³/mol. The largest absolute Gasteiger partial charge is 0.496 e. The quantitative estimate of drug-likeness (QED) is 0.274. The van der Waals surface area contributed by atoms with Crippen LogP contribution in [0.4, 0.5) is 4.39 Å². The fourth-order valence-electron chi connectivity index (χ4n) is 4.64. The summed E-state index contributed by atoms with van der Waals surface area (Å²) < 4.78 is 56.8. The zero-order valence-corrected chi connectivity index (χ0v) is 27.6. The van der Waals surface area contributed by atoms with Crippen molar-refractivity contribution in [3.63, 3.8) is 0 Å². The summed E-state index contributed by atoms with van der Waals surface area (Å²) in [5.74, 6) is -2.08. The minimum atomic E-state index is -3.45. The van der Waals surface area contributed by atoms with Crippen LogP contribution in [0, 0.1) is 12.7 Å². The van der Waals surface area contributed by atoms with Gasteiger partial charge in [0.15, 0.2) is 0 Å². The highest BCUT2D eigenvalue weighted by Crippen LogP contribution is 2.33. The summed E-state index contributed by atoms with van der Waals surface area (Å²) in [4.78, 5) is 54.6. The van der Waals surface area contributed by atoms with Gasteiger partial charge in [-0.15, -0.1) is 11.3 Å². The number of nitrogens with one attached hydrogen (secondary N) is 1. The van der Waals surface area contributed by atoms with Gasteiger partial charge >= 0.3 is 11.7 Å². The zero-order valence-electron chi connectivity index (χ0n) is 26.0. The molecule has 0 saturated heterocycles. The lowest BCUT2D eigenvalue weighted by atomic mass is 10.0. The van der Waals surface area contributed by atoms with Crippen molar-refractivity contribution in [1.82, 2.24) is 14.5 Å². The number of thiophene rings is 1. The van der Waals surface area contributed by atoms with Gasteiger partial charge in [0.05, 0.1) is 38.0 Å². The van der Waals surface area contributed by atoms with Crippen LogP contribution in [0.25, 0.3) is 10.2 Å². The van der Waals surface area contributed by atoms with Gasteiger partial charge < -0.3 is 19.5 Å². The molecule has 0 aliphatic carbocycles. The van der Waals surface area contributed by atoms with E-state index in [-0.39, 0.29) is 63.5 Å². The van der Waals surface area contributed by atoms with Gasteiger partial charge in [0, 0.05) is 17.9 Å². The van der Waals surface area contributed by atoms with Gasteiger partial charge in [0.1, 0.15) is 42.8 Å². The Hall–Kier alpha value is -3.56. The number of ether oxygens (including phenoxy) is 3. The molecule has 0 aliphatic rings. The average molecular weight is 656 g/mol. The number of hydrogen-bond acceptors (Lipinski definition) is 10. The second kappa shape index (κ2) is 13.6. The van der Waals surface area contributed by atoms with E-state index in [4.69, 9.17) is 14.2 Å². The monoisotopic (exact) mass is 655 g/mol. The molecule has 1 amide bonds. The van der Waals surface area contributed by atoms with E-state index < -0.39 is 50.4 Å². The van der Waals surface area contributed by atoms with Crippen LogP contribution in [0.5, 0.6) is 5.75 Å². The fraction of sp³-hybridized carbons (Fsp3) is 0.517. The number of aromatic nitrogens is 2. The summed E-state index contributed by atoms with van der Waals surface area (Å²) in [7, 11) is -2.09. The van der Waals surface area contributed by atoms with Gasteiger partial charge in [-0.3, -0.25) is 14.2 Å². The number of amides is 1. The van der Waals surface area contributed by atoms with Gasteiger partial charge in [0.2, 0.25) is 5.91 Å². The van der Waals surface area contributed by atoms with Crippen molar-refractivity contribution in [2.75, 3.05) is 32.3 Å². The lowest BCUT2D eigenvalue weighted by Crippen LogP contribution is -2.56. The Bertz CT molecular complexity index is 1790. The summed E-state index contributed by atoms with van der Waals surface area (Å²) in [5, 5.41) is 2.75. The second-order valence-corrected chi connectivity index (χ2v) is 14.3. The van der Waals surface area contributed by atoms with E-state index in [0.717, 1.165) is 28.2 Å². The molecule has 242 valence electrons. The molecule has 1 aromatic carbocycles. The first-order valence-electron chi connectivity index (χ1n) is 13.8. The third kappa shape index (κ3) is 7.38. The lowest BCUT2D eigenvalue weighted by Gasteiger charge is -2.28. The number of nitrogens with zero attached hydrogens (tertiary/aromatic N) is 2. The van der Waals surface area contributed by atoms with Crippen molar-refractivity contribution in [2.24, 2.45) is 0 Å². The minimum absolute atomic E-state index is 0.0177. The molecular weight excluding hydrogens is 617 g/mol. The number of sulfone groups is 1. The smallest absolute Gasteiger partial charge is 0.348 e. The minimum Gasteiger partial charge on any atom is -0.496 e. The second-order valence-electron chi connectivity index (χ2n) is 11.1. The van der Waals surface area contributed by atoms with E-state index in [1.54, 1.807) is 27.7 Å². The number of carbonyl (C=O) groups is 2. The SMILES string of the molecule is CCOC(=O)c1sc2c(c1C)c(=O)n(C(C)(C)C(=O)NC(C)C)c(=O)n2C[C@H](OCCS(C)(=O)=O)c1cc(F)ccc1OC. The standard InChI is InChI=1S/C29H38FN3O9S2/c1-9-41-26(35)23-17(4)22-24(34)33(29(5,6)27(36)31-16(2)3)28(37)32(25(22)43-23)15-21(42-12-13-44(8,38)39)19-14-18(30)10-11-20(19)40-7/h10-11,14,16,21H,9,12-13,15H2,1-8H3,(H,31,36)/t21-/m0/s1. The van der Waals surface area contributed by atoms with E-state index in [9.17, 15) is 32.0 Å². The first-order chi connectivity index (χ1) is 20.4. The Kier molecular flexibility index (Phi) is 10.8. The van der Waals surface area contributed by atoms with Gasteiger partial charge in [-0.25, -0.2) is 27.0 Å². The summed E-state index contributed by atoms with van der Waals surface area (Å²) in [6, 6.07) is 3.38. The normalized spacial score (nSPS) is 12.9. The topological polar surface area (TPSA) is 152 Å². The Morgan fingerprint density at radius 2 is 1.84 bits per heavy atom. The number of fused-ring (bicyclic) bond motifs is 1. The molecule has 44 heavy (non-hydrogen) atoms. The first kappa shape index (κ1) is 34.9.